The highest BCUT2D eigenvalue weighted by Crippen LogP contribution is 2.32. The van der Waals surface area contributed by atoms with Crippen molar-refractivity contribution in [3.05, 3.63) is 45.1 Å². The highest BCUT2D eigenvalue weighted by molar-refractivity contribution is 6.30. The predicted molar refractivity (Wildman–Crippen MR) is 74.5 cm³/mol. The fourth-order valence-corrected chi connectivity index (χ4v) is 1.74. The number of hydrogen-bond acceptors (Lipinski definition) is 6. The molecular weight excluding hydrogens is 284 g/mol. The number of hydrogen-bond donors (Lipinski definition) is 1. The lowest BCUT2D eigenvalue weighted by Crippen LogP contribution is -2.02. The molecule has 0 aliphatic carbocycles. The van der Waals surface area contributed by atoms with Crippen molar-refractivity contribution in [3.8, 4) is 11.6 Å². The first-order chi connectivity index (χ1) is 9.51. The van der Waals surface area contributed by atoms with Gasteiger partial charge in [-0.3, -0.25) is 10.1 Å². The van der Waals surface area contributed by atoms with Crippen LogP contribution in [0, 0.1) is 17.0 Å². The number of nitro groups is 1. The van der Waals surface area contributed by atoms with Gasteiger partial charge in [0.15, 0.2) is 0 Å². The van der Waals surface area contributed by atoms with Gasteiger partial charge in [-0.1, -0.05) is 11.6 Å². The minimum absolute atomic E-state index is 0.125. The van der Waals surface area contributed by atoms with Crippen LogP contribution >= 0.6 is 11.6 Å². The van der Waals surface area contributed by atoms with E-state index < -0.39 is 4.92 Å². The summed E-state index contributed by atoms with van der Waals surface area (Å²) in [7, 11) is 1.61. The van der Waals surface area contributed by atoms with Crippen molar-refractivity contribution in [2.75, 3.05) is 12.4 Å². The third-order valence-corrected chi connectivity index (χ3v) is 2.73. The Labute approximate surface area is 119 Å². The van der Waals surface area contributed by atoms with Gasteiger partial charge in [-0.15, -0.1) is 0 Å². The minimum Gasteiger partial charge on any atom is -0.433 e. The fraction of sp³-hybridized carbons (Fsp3) is 0.167. The second-order valence-corrected chi connectivity index (χ2v) is 4.34. The topological polar surface area (TPSA) is 90.2 Å². The average Bonchev–Trinajstić information content (AvgIpc) is 2.41. The van der Waals surface area contributed by atoms with Crippen LogP contribution in [0.15, 0.2) is 24.4 Å². The van der Waals surface area contributed by atoms with Gasteiger partial charge in [0.2, 0.25) is 5.95 Å². The van der Waals surface area contributed by atoms with Gasteiger partial charge >= 0.3 is 11.6 Å². The van der Waals surface area contributed by atoms with E-state index >= 15 is 0 Å². The molecule has 0 aliphatic heterocycles. The number of anilines is 1. The lowest BCUT2D eigenvalue weighted by molar-refractivity contribution is -0.386. The van der Waals surface area contributed by atoms with Crippen LogP contribution in [0.1, 0.15) is 5.56 Å². The lowest BCUT2D eigenvalue weighted by Gasteiger charge is -2.09. The molecule has 2 rings (SSSR count). The number of halogens is 1. The molecule has 1 aromatic carbocycles. The molecule has 1 aromatic heterocycles. The van der Waals surface area contributed by atoms with Gasteiger partial charge in [0.05, 0.1) is 4.92 Å². The van der Waals surface area contributed by atoms with E-state index in [-0.39, 0.29) is 17.5 Å². The van der Waals surface area contributed by atoms with Crippen LogP contribution in [0.3, 0.4) is 0 Å². The summed E-state index contributed by atoms with van der Waals surface area (Å²) in [5, 5.41) is 14.2. The normalized spacial score (nSPS) is 10.2. The zero-order chi connectivity index (χ0) is 14.7. The first-order valence-corrected chi connectivity index (χ1v) is 6.02. The molecular formula is C12H11ClN4O3. The van der Waals surface area contributed by atoms with Crippen molar-refractivity contribution >= 4 is 23.2 Å². The molecule has 0 bridgehead atoms. The highest BCUT2D eigenvalue weighted by Gasteiger charge is 2.20. The van der Waals surface area contributed by atoms with E-state index in [1.54, 1.807) is 32.2 Å². The van der Waals surface area contributed by atoms with Crippen LogP contribution in [0.25, 0.3) is 0 Å². The third kappa shape index (κ3) is 2.94. The third-order valence-electron chi connectivity index (χ3n) is 2.50. The summed E-state index contributed by atoms with van der Waals surface area (Å²) >= 11 is 5.85. The van der Waals surface area contributed by atoms with E-state index in [4.69, 9.17) is 16.3 Å². The second kappa shape index (κ2) is 5.70. The van der Waals surface area contributed by atoms with Gasteiger partial charge in [-0.25, -0.2) is 4.98 Å². The summed E-state index contributed by atoms with van der Waals surface area (Å²) in [4.78, 5) is 18.1. The van der Waals surface area contributed by atoms with Crippen LogP contribution in [0.4, 0.5) is 11.6 Å². The van der Waals surface area contributed by atoms with E-state index in [2.05, 4.69) is 15.3 Å². The maximum Gasteiger partial charge on any atom is 0.349 e. The second-order valence-electron chi connectivity index (χ2n) is 3.90. The smallest absolute Gasteiger partial charge is 0.349 e. The van der Waals surface area contributed by atoms with Crippen molar-refractivity contribution in [2.24, 2.45) is 0 Å². The van der Waals surface area contributed by atoms with E-state index in [1.165, 1.54) is 0 Å². The summed E-state index contributed by atoms with van der Waals surface area (Å²) in [6.07, 6.45) is 1.10. The molecule has 2 aromatic rings. The first kappa shape index (κ1) is 14.0. The molecule has 0 spiro atoms. The maximum absolute atomic E-state index is 11.0. The molecule has 0 fully saturated rings. The number of aromatic nitrogens is 2. The van der Waals surface area contributed by atoms with Gasteiger partial charge in [0.25, 0.3) is 0 Å². The quantitative estimate of drug-likeness (QED) is 0.688. The highest BCUT2D eigenvalue weighted by atomic mass is 35.5. The Bertz CT molecular complexity index is 663. The van der Waals surface area contributed by atoms with Crippen molar-refractivity contribution in [2.45, 2.75) is 6.92 Å². The number of ether oxygens (including phenoxy) is 1. The lowest BCUT2D eigenvalue weighted by atomic mass is 10.2. The van der Waals surface area contributed by atoms with Gasteiger partial charge in [0.1, 0.15) is 11.9 Å². The Hall–Kier alpha value is -2.41. The number of benzene rings is 1. The fourth-order valence-electron chi connectivity index (χ4n) is 1.51. The van der Waals surface area contributed by atoms with E-state index in [0.29, 0.717) is 10.8 Å². The van der Waals surface area contributed by atoms with Crippen LogP contribution in [-0.4, -0.2) is 21.9 Å². The molecule has 1 N–H and O–H groups in total. The van der Waals surface area contributed by atoms with Crippen molar-refractivity contribution in [1.29, 1.82) is 0 Å². The number of aryl methyl sites for hydroxylation is 1. The zero-order valence-corrected chi connectivity index (χ0v) is 11.5. The molecule has 0 saturated carbocycles. The van der Waals surface area contributed by atoms with E-state index in [0.717, 1.165) is 11.8 Å². The molecule has 1 heterocycles. The molecule has 0 radical (unpaired) electrons. The minimum atomic E-state index is -0.597. The summed E-state index contributed by atoms with van der Waals surface area (Å²) in [6.45, 7) is 1.78. The van der Waals surface area contributed by atoms with Gasteiger partial charge in [-0.2, -0.15) is 4.98 Å². The largest absolute Gasteiger partial charge is 0.433 e. The standard InChI is InChI=1S/C12H11ClN4O3/c1-7-5-8(13)3-4-10(7)20-11-9(17(18)19)6-15-12(14-2)16-11/h3-6H,1-2H3,(H,14,15,16). The molecule has 8 heteroatoms. The van der Waals surface area contributed by atoms with Crippen LogP contribution in [-0.2, 0) is 0 Å². The summed E-state index contributed by atoms with van der Waals surface area (Å²) in [6, 6.07) is 4.96. The summed E-state index contributed by atoms with van der Waals surface area (Å²) in [5.41, 5.74) is 0.440. The average molecular weight is 295 g/mol. The van der Waals surface area contributed by atoms with Crippen molar-refractivity contribution < 1.29 is 9.66 Å². The summed E-state index contributed by atoms with van der Waals surface area (Å²) in [5.74, 6) is 0.551. The molecule has 0 atom stereocenters. The summed E-state index contributed by atoms with van der Waals surface area (Å²) < 4.78 is 5.51. The van der Waals surface area contributed by atoms with E-state index in [1.807, 2.05) is 0 Å². The molecule has 0 saturated heterocycles. The maximum atomic E-state index is 11.0. The molecule has 0 unspecified atom stereocenters. The molecule has 104 valence electrons. The van der Waals surface area contributed by atoms with E-state index in [9.17, 15) is 10.1 Å². The van der Waals surface area contributed by atoms with Gasteiger partial charge in [-0.05, 0) is 30.7 Å². The number of rotatable bonds is 4. The van der Waals surface area contributed by atoms with Gasteiger partial charge < -0.3 is 10.1 Å². The molecule has 20 heavy (non-hydrogen) atoms. The number of nitrogens with one attached hydrogen (secondary N) is 1. The van der Waals surface area contributed by atoms with Crippen molar-refractivity contribution in [3.63, 3.8) is 0 Å². The predicted octanol–water partition coefficient (Wildman–Crippen LogP) is 3.18. The Morgan fingerprint density at radius 1 is 1.45 bits per heavy atom. The number of nitrogens with zero attached hydrogens (tertiary/aromatic N) is 3. The van der Waals surface area contributed by atoms with Crippen LogP contribution in [0.2, 0.25) is 5.02 Å². The Kier molecular flexibility index (Phi) is 3.99. The van der Waals surface area contributed by atoms with Crippen LogP contribution in [0.5, 0.6) is 11.6 Å². The molecule has 7 nitrogen and oxygen atoms in total. The van der Waals surface area contributed by atoms with Crippen molar-refractivity contribution in [1.82, 2.24) is 9.97 Å². The Morgan fingerprint density at radius 3 is 2.80 bits per heavy atom. The van der Waals surface area contributed by atoms with Crippen LogP contribution < -0.4 is 10.1 Å². The zero-order valence-electron chi connectivity index (χ0n) is 10.8. The Morgan fingerprint density at radius 2 is 2.20 bits per heavy atom. The SMILES string of the molecule is CNc1ncc([N+](=O)[O-])c(Oc2ccc(Cl)cc2C)n1. The first-order valence-electron chi connectivity index (χ1n) is 5.64. The molecule has 0 aliphatic rings. The monoisotopic (exact) mass is 294 g/mol. The van der Waals surface area contributed by atoms with Gasteiger partial charge in [0, 0.05) is 12.1 Å². The Balaban J connectivity index is 2.43. The molecule has 0 amide bonds.